The second kappa shape index (κ2) is 6.39. The molecule has 1 aromatic heterocycles. The van der Waals surface area contributed by atoms with Crippen molar-refractivity contribution >= 4 is 17.2 Å². The van der Waals surface area contributed by atoms with Gasteiger partial charge in [0, 0.05) is 6.04 Å². The summed E-state index contributed by atoms with van der Waals surface area (Å²) in [7, 11) is 0. The number of nitrogens with one attached hydrogen (secondary N) is 1. The maximum atomic E-state index is 12.6. The molecule has 3 rings (SSSR count). The normalized spacial score (nSPS) is 15.9. The van der Waals surface area contributed by atoms with E-state index in [4.69, 9.17) is 0 Å². The number of benzene rings is 1. The summed E-state index contributed by atoms with van der Waals surface area (Å²) in [6, 6.07) is 10.4. The number of thiazole rings is 1. The molecule has 0 radical (unpaired) electrons. The second-order valence-corrected chi connectivity index (χ2v) is 6.79. The first-order chi connectivity index (χ1) is 10.2. The van der Waals surface area contributed by atoms with E-state index >= 15 is 0 Å². The summed E-state index contributed by atoms with van der Waals surface area (Å²) in [5.41, 5.74) is 1.64. The summed E-state index contributed by atoms with van der Waals surface area (Å²) in [5.74, 6) is -0.0231. The Balaban J connectivity index is 1.83. The Hall–Kier alpha value is -1.68. The van der Waals surface area contributed by atoms with Crippen molar-refractivity contribution in [1.29, 1.82) is 0 Å². The van der Waals surface area contributed by atoms with Gasteiger partial charge in [-0.25, -0.2) is 4.98 Å². The summed E-state index contributed by atoms with van der Waals surface area (Å²) in [5, 5.41) is 4.10. The molecule has 0 aliphatic heterocycles. The van der Waals surface area contributed by atoms with E-state index < -0.39 is 0 Å². The van der Waals surface area contributed by atoms with Crippen molar-refractivity contribution in [3.8, 4) is 10.4 Å². The van der Waals surface area contributed by atoms with Gasteiger partial charge in [-0.15, -0.1) is 11.3 Å². The van der Waals surface area contributed by atoms with Crippen molar-refractivity contribution < 1.29 is 4.79 Å². The molecule has 0 unspecified atom stereocenters. The topological polar surface area (TPSA) is 42.0 Å². The van der Waals surface area contributed by atoms with Crippen molar-refractivity contribution in [2.24, 2.45) is 0 Å². The van der Waals surface area contributed by atoms with E-state index in [1.165, 1.54) is 19.3 Å². The van der Waals surface area contributed by atoms with Crippen LogP contribution in [0, 0.1) is 6.92 Å². The van der Waals surface area contributed by atoms with Gasteiger partial charge in [0.15, 0.2) is 0 Å². The third kappa shape index (κ3) is 3.32. The molecular formula is C17H20N2OS. The Morgan fingerprint density at radius 3 is 2.62 bits per heavy atom. The van der Waals surface area contributed by atoms with E-state index in [1.807, 2.05) is 37.3 Å². The van der Waals surface area contributed by atoms with Crippen LogP contribution in [0.3, 0.4) is 0 Å². The number of amides is 1. The molecule has 0 bridgehead atoms. The highest BCUT2D eigenvalue weighted by Crippen LogP contribution is 2.30. The second-order valence-electron chi connectivity index (χ2n) is 5.59. The average Bonchev–Trinajstić information content (AvgIpc) is 2.91. The van der Waals surface area contributed by atoms with Gasteiger partial charge in [0.1, 0.15) is 5.69 Å². The molecule has 0 spiro atoms. The number of hydrogen-bond donors (Lipinski definition) is 1. The molecule has 1 amide bonds. The number of aromatic nitrogens is 1. The van der Waals surface area contributed by atoms with Crippen LogP contribution in [-0.4, -0.2) is 16.9 Å². The first-order valence-electron chi connectivity index (χ1n) is 7.58. The summed E-state index contributed by atoms with van der Waals surface area (Å²) in [4.78, 5) is 18.0. The van der Waals surface area contributed by atoms with Crippen molar-refractivity contribution in [2.75, 3.05) is 0 Å². The minimum atomic E-state index is -0.0231. The van der Waals surface area contributed by atoms with Crippen LogP contribution in [0.5, 0.6) is 0 Å². The van der Waals surface area contributed by atoms with Gasteiger partial charge in [-0.2, -0.15) is 0 Å². The number of carbonyl (C=O) groups is 1. The van der Waals surface area contributed by atoms with Gasteiger partial charge in [-0.05, 0) is 25.3 Å². The standard InChI is InChI=1S/C17H20N2OS/c1-12-18-15(16(21-12)13-8-4-2-5-9-13)17(20)19-14-10-6-3-7-11-14/h2,4-5,8-9,14H,3,6-7,10-11H2,1H3,(H,19,20). The summed E-state index contributed by atoms with van der Waals surface area (Å²) >= 11 is 1.59. The Bertz CT molecular complexity index is 615. The molecule has 1 fully saturated rings. The number of aryl methyl sites for hydroxylation is 1. The van der Waals surface area contributed by atoms with Gasteiger partial charge in [-0.3, -0.25) is 4.79 Å². The van der Waals surface area contributed by atoms with E-state index in [9.17, 15) is 4.79 Å². The molecule has 2 aromatic rings. The minimum absolute atomic E-state index is 0.0231. The predicted octanol–water partition coefficient (Wildman–Crippen LogP) is 4.18. The maximum absolute atomic E-state index is 12.6. The molecule has 1 aliphatic rings. The van der Waals surface area contributed by atoms with E-state index in [0.29, 0.717) is 11.7 Å². The van der Waals surface area contributed by atoms with E-state index in [2.05, 4.69) is 10.3 Å². The summed E-state index contributed by atoms with van der Waals surface area (Å²) in [6.07, 6.45) is 5.90. The maximum Gasteiger partial charge on any atom is 0.271 e. The Labute approximate surface area is 129 Å². The van der Waals surface area contributed by atoms with Gasteiger partial charge in [0.05, 0.1) is 9.88 Å². The third-order valence-corrected chi connectivity index (χ3v) is 4.95. The Morgan fingerprint density at radius 1 is 1.19 bits per heavy atom. The SMILES string of the molecule is Cc1nc(C(=O)NC2CCCCC2)c(-c2ccccc2)s1. The molecule has 1 heterocycles. The lowest BCUT2D eigenvalue weighted by Crippen LogP contribution is -2.36. The molecule has 1 aromatic carbocycles. The van der Waals surface area contributed by atoms with Crippen LogP contribution in [0.1, 0.15) is 47.6 Å². The minimum Gasteiger partial charge on any atom is -0.348 e. The first kappa shape index (κ1) is 14.3. The lowest BCUT2D eigenvalue weighted by molar-refractivity contribution is 0.0924. The number of carbonyl (C=O) groups excluding carboxylic acids is 1. The van der Waals surface area contributed by atoms with Crippen LogP contribution in [0.4, 0.5) is 0 Å². The summed E-state index contributed by atoms with van der Waals surface area (Å²) in [6.45, 7) is 1.95. The van der Waals surface area contributed by atoms with Gasteiger partial charge >= 0.3 is 0 Å². The highest BCUT2D eigenvalue weighted by Gasteiger charge is 2.22. The van der Waals surface area contributed by atoms with Crippen molar-refractivity contribution in [3.63, 3.8) is 0 Å². The molecule has 110 valence electrons. The summed E-state index contributed by atoms with van der Waals surface area (Å²) < 4.78 is 0. The fourth-order valence-corrected chi connectivity index (χ4v) is 3.79. The fourth-order valence-electron chi connectivity index (χ4n) is 2.87. The highest BCUT2D eigenvalue weighted by atomic mass is 32.1. The van der Waals surface area contributed by atoms with Crippen LogP contribution in [0.2, 0.25) is 0 Å². The Kier molecular flexibility index (Phi) is 4.34. The van der Waals surface area contributed by atoms with Crippen molar-refractivity contribution in [1.82, 2.24) is 10.3 Å². The van der Waals surface area contributed by atoms with Crippen molar-refractivity contribution in [3.05, 3.63) is 41.0 Å². The molecule has 1 saturated carbocycles. The molecule has 1 N–H and O–H groups in total. The lowest BCUT2D eigenvalue weighted by atomic mass is 9.95. The fraction of sp³-hybridized carbons (Fsp3) is 0.412. The average molecular weight is 300 g/mol. The monoisotopic (exact) mass is 300 g/mol. The van der Waals surface area contributed by atoms with E-state index in [0.717, 1.165) is 28.3 Å². The van der Waals surface area contributed by atoms with Gasteiger partial charge in [-0.1, -0.05) is 49.6 Å². The predicted molar refractivity (Wildman–Crippen MR) is 86.6 cm³/mol. The molecule has 21 heavy (non-hydrogen) atoms. The zero-order chi connectivity index (χ0) is 14.7. The van der Waals surface area contributed by atoms with Gasteiger partial charge < -0.3 is 5.32 Å². The smallest absolute Gasteiger partial charge is 0.271 e. The number of rotatable bonds is 3. The lowest BCUT2D eigenvalue weighted by Gasteiger charge is -2.22. The van der Waals surface area contributed by atoms with Crippen molar-refractivity contribution in [2.45, 2.75) is 45.1 Å². The zero-order valence-electron chi connectivity index (χ0n) is 12.3. The van der Waals surface area contributed by atoms with Crippen LogP contribution in [-0.2, 0) is 0 Å². The van der Waals surface area contributed by atoms with Crippen LogP contribution >= 0.6 is 11.3 Å². The van der Waals surface area contributed by atoms with Crippen LogP contribution in [0.15, 0.2) is 30.3 Å². The Morgan fingerprint density at radius 2 is 1.90 bits per heavy atom. The number of nitrogens with zero attached hydrogens (tertiary/aromatic N) is 1. The van der Waals surface area contributed by atoms with Gasteiger partial charge in [0.2, 0.25) is 0 Å². The zero-order valence-corrected chi connectivity index (χ0v) is 13.1. The van der Waals surface area contributed by atoms with Gasteiger partial charge in [0.25, 0.3) is 5.91 Å². The third-order valence-electron chi connectivity index (χ3n) is 3.93. The quantitative estimate of drug-likeness (QED) is 0.924. The molecule has 3 nitrogen and oxygen atoms in total. The molecule has 1 aliphatic carbocycles. The van der Waals surface area contributed by atoms with Crippen LogP contribution in [0.25, 0.3) is 10.4 Å². The number of hydrogen-bond acceptors (Lipinski definition) is 3. The molecule has 0 atom stereocenters. The molecule has 4 heteroatoms. The largest absolute Gasteiger partial charge is 0.348 e. The molecular weight excluding hydrogens is 280 g/mol. The first-order valence-corrected chi connectivity index (χ1v) is 8.39. The van der Waals surface area contributed by atoms with Crippen LogP contribution < -0.4 is 5.32 Å². The van der Waals surface area contributed by atoms with E-state index in [-0.39, 0.29) is 5.91 Å². The highest BCUT2D eigenvalue weighted by molar-refractivity contribution is 7.15. The van der Waals surface area contributed by atoms with E-state index in [1.54, 1.807) is 11.3 Å². The molecule has 0 saturated heterocycles.